The smallest absolute Gasteiger partial charge is 0.235 e. The first-order valence-corrected chi connectivity index (χ1v) is 7.95. The number of carbonyl (C=O) groups excluding carboxylic acids is 1. The molecule has 2 heterocycles. The van der Waals surface area contributed by atoms with Gasteiger partial charge in [0.05, 0.1) is 28.2 Å². The van der Waals surface area contributed by atoms with Crippen molar-refractivity contribution < 1.29 is 4.79 Å². The highest BCUT2D eigenvalue weighted by Crippen LogP contribution is 2.31. The summed E-state index contributed by atoms with van der Waals surface area (Å²) in [5, 5.41) is 13.3. The maximum absolute atomic E-state index is 12.0. The molecule has 108 valence electrons. The Morgan fingerprint density at radius 1 is 1.52 bits per heavy atom. The molecule has 0 atom stereocenters. The van der Waals surface area contributed by atoms with E-state index in [1.54, 1.807) is 18.3 Å². The van der Waals surface area contributed by atoms with Gasteiger partial charge in [-0.25, -0.2) is 4.98 Å². The van der Waals surface area contributed by atoms with Gasteiger partial charge in [0.25, 0.3) is 0 Å². The van der Waals surface area contributed by atoms with E-state index in [0.29, 0.717) is 16.3 Å². The summed E-state index contributed by atoms with van der Waals surface area (Å²) < 4.78 is 0. The third-order valence-corrected chi connectivity index (χ3v) is 4.93. The molecule has 0 saturated heterocycles. The van der Waals surface area contributed by atoms with E-state index in [1.807, 2.05) is 13.8 Å². The van der Waals surface area contributed by atoms with Crippen LogP contribution in [-0.4, -0.2) is 16.6 Å². The van der Waals surface area contributed by atoms with Crippen LogP contribution in [0.25, 0.3) is 0 Å². The first-order chi connectivity index (χ1) is 10.0. The first kappa shape index (κ1) is 15.4. The second-order valence-electron chi connectivity index (χ2n) is 4.37. The minimum atomic E-state index is -0.156. The van der Waals surface area contributed by atoms with Gasteiger partial charge >= 0.3 is 0 Å². The molecule has 21 heavy (non-hydrogen) atoms. The molecule has 0 bridgehead atoms. The fourth-order valence-corrected chi connectivity index (χ4v) is 3.30. The van der Waals surface area contributed by atoms with Crippen LogP contribution in [0, 0.1) is 25.2 Å². The van der Waals surface area contributed by atoms with E-state index in [9.17, 15) is 4.79 Å². The van der Waals surface area contributed by atoms with Gasteiger partial charge in [-0.15, -0.1) is 11.3 Å². The average molecular weight is 318 g/mol. The molecule has 0 aliphatic heterocycles. The van der Waals surface area contributed by atoms with Crippen molar-refractivity contribution in [2.24, 2.45) is 0 Å². The SMILES string of the molecule is Cc1sc(NC(=O)CSc2ccc(N)cn2)c(C#N)c1C. The Kier molecular flexibility index (Phi) is 4.83. The number of hydrogen-bond acceptors (Lipinski definition) is 6. The van der Waals surface area contributed by atoms with Gasteiger partial charge in [-0.1, -0.05) is 11.8 Å². The molecule has 0 fully saturated rings. The third-order valence-electron chi connectivity index (χ3n) is 2.86. The van der Waals surface area contributed by atoms with E-state index in [2.05, 4.69) is 16.4 Å². The van der Waals surface area contributed by atoms with Crippen LogP contribution >= 0.6 is 23.1 Å². The van der Waals surface area contributed by atoms with Crippen LogP contribution in [0.15, 0.2) is 23.4 Å². The van der Waals surface area contributed by atoms with Crippen LogP contribution in [-0.2, 0) is 4.79 Å². The lowest BCUT2D eigenvalue weighted by Crippen LogP contribution is -2.14. The Morgan fingerprint density at radius 2 is 2.29 bits per heavy atom. The summed E-state index contributed by atoms with van der Waals surface area (Å²) in [4.78, 5) is 17.1. The predicted molar refractivity (Wildman–Crippen MR) is 86.5 cm³/mol. The van der Waals surface area contributed by atoms with Crippen molar-refractivity contribution >= 4 is 39.7 Å². The number of hydrogen-bond donors (Lipinski definition) is 2. The lowest BCUT2D eigenvalue weighted by atomic mass is 10.2. The number of nitrogen functional groups attached to an aromatic ring is 1. The zero-order valence-corrected chi connectivity index (χ0v) is 13.3. The molecule has 2 aromatic heterocycles. The fourth-order valence-electron chi connectivity index (χ4n) is 1.63. The predicted octanol–water partition coefficient (Wildman–Crippen LogP) is 2.94. The quantitative estimate of drug-likeness (QED) is 0.846. The van der Waals surface area contributed by atoms with Gasteiger partial charge in [0.2, 0.25) is 5.91 Å². The number of aromatic nitrogens is 1. The van der Waals surface area contributed by atoms with Crippen molar-refractivity contribution in [3.63, 3.8) is 0 Å². The lowest BCUT2D eigenvalue weighted by molar-refractivity contribution is -0.113. The van der Waals surface area contributed by atoms with Crippen molar-refractivity contribution in [2.45, 2.75) is 18.9 Å². The van der Waals surface area contributed by atoms with Crippen molar-refractivity contribution in [1.82, 2.24) is 4.98 Å². The summed E-state index contributed by atoms with van der Waals surface area (Å²) in [5.41, 5.74) is 7.61. The Bertz CT molecular complexity index is 701. The Balaban J connectivity index is 1.98. The van der Waals surface area contributed by atoms with Crippen LogP contribution in [0.1, 0.15) is 16.0 Å². The zero-order valence-electron chi connectivity index (χ0n) is 11.6. The Morgan fingerprint density at radius 3 is 2.90 bits per heavy atom. The molecular formula is C14H14N4OS2. The second kappa shape index (κ2) is 6.61. The van der Waals surface area contributed by atoms with E-state index < -0.39 is 0 Å². The molecule has 7 heteroatoms. The van der Waals surface area contributed by atoms with E-state index in [-0.39, 0.29) is 11.7 Å². The third kappa shape index (κ3) is 3.74. The van der Waals surface area contributed by atoms with Crippen molar-refractivity contribution in [3.8, 4) is 6.07 Å². The minimum absolute atomic E-state index is 0.156. The number of nitrogens with zero attached hydrogens (tertiary/aromatic N) is 2. The number of amides is 1. The van der Waals surface area contributed by atoms with E-state index >= 15 is 0 Å². The number of thioether (sulfide) groups is 1. The van der Waals surface area contributed by atoms with E-state index in [4.69, 9.17) is 11.0 Å². The number of aryl methyl sites for hydroxylation is 1. The van der Waals surface area contributed by atoms with Crippen LogP contribution in [0.2, 0.25) is 0 Å². The van der Waals surface area contributed by atoms with E-state index in [1.165, 1.54) is 23.1 Å². The van der Waals surface area contributed by atoms with Crippen LogP contribution in [0.3, 0.4) is 0 Å². The Hall–Kier alpha value is -2.04. The fraction of sp³-hybridized carbons (Fsp3) is 0.214. The van der Waals surface area contributed by atoms with E-state index in [0.717, 1.165) is 15.5 Å². The molecule has 0 saturated carbocycles. The number of thiophene rings is 1. The van der Waals surface area contributed by atoms with Gasteiger partial charge in [-0.2, -0.15) is 5.26 Å². The summed E-state index contributed by atoms with van der Waals surface area (Å²) >= 11 is 2.75. The lowest BCUT2D eigenvalue weighted by Gasteiger charge is -2.03. The van der Waals surface area contributed by atoms with Gasteiger partial charge < -0.3 is 11.1 Å². The summed E-state index contributed by atoms with van der Waals surface area (Å²) in [6.07, 6.45) is 1.56. The van der Waals surface area contributed by atoms with Gasteiger partial charge in [0.1, 0.15) is 11.1 Å². The number of nitrogens with one attached hydrogen (secondary N) is 1. The largest absolute Gasteiger partial charge is 0.397 e. The maximum Gasteiger partial charge on any atom is 0.235 e. The number of carbonyl (C=O) groups is 1. The molecule has 0 aliphatic rings. The number of pyridine rings is 1. The normalized spacial score (nSPS) is 10.1. The maximum atomic E-state index is 12.0. The van der Waals surface area contributed by atoms with Crippen molar-refractivity contribution in [2.75, 3.05) is 16.8 Å². The summed E-state index contributed by atoms with van der Waals surface area (Å²) in [6, 6.07) is 5.65. The monoisotopic (exact) mass is 318 g/mol. The average Bonchev–Trinajstić information content (AvgIpc) is 2.72. The molecule has 0 aromatic carbocycles. The zero-order chi connectivity index (χ0) is 15.4. The molecule has 1 amide bonds. The van der Waals surface area contributed by atoms with Crippen LogP contribution < -0.4 is 11.1 Å². The van der Waals surface area contributed by atoms with Gasteiger partial charge in [0, 0.05) is 4.88 Å². The molecule has 0 radical (unpaired) electrons. The van der Waals surface area contributed by atoms with Gasteiger partial charge in [-0.3, -0.25) is 4.79 Å². The summed E-state index contributed by atoms with van der Waals surface area (Å²) in [7, 11) is 0. The standard InChI is InChI=1S/C14H14N4OS2/c1-8-9(2)21-14(11(8)5-15)18-12(19)7-20-13-4-3-10(16)6-17-13/h3-4,6H,7,16H2,1-2H3,(H,18,19). The molecular weight excluding hydrogens is 304 g/mol. The van der Waals surface area contributed by atoms with Crippen LogP contribution in [0.5, 0.6) is 0 Å². The van der Waals surface area contributed by atoms with Crippen molar-refractivity contribution in [3.05, 3.63) is 34.3 Å². The van der Waals surface area contributed by atoms with Gasteiger partial charge in [0.15, 0.2) is 0 Å². The molecule has 0 unspecified atom stereocenters. The first-order valence-electron chi connectivity index (χ1n) is 6.15. The number of nitriles is 1. The van der Waals surface area contributed by atoms with Crippen LogP contribution in [0.4, 0.5) is 10.7 Å². The van der Waals surface area contributed by atoms with Gasteiger partial charge in [-0.05, 0) is 31.5 Å². The topological polar surface area (TPSA) is 91.8 Å². The number of rotatable bonds is 4. The molecule has 3 N–H and O–H groups in total. The number of anilines is 2. The highest BCUT2D eigenvalue weighted by molar-refractivity contribution is 7.99. The highest BCUT2D eigenvalue weighted by Gasteiger charge is 2.14. The molecule has 2 rings (SSSR count). The summed E-state index contributed by atoms with van der Waals surface area (Å²) in [5.74, 6) is 0.0778. The molecule has 0 spiro atoms. The minimum Gasteiger partial charge on any atom is -0.397 e. The molecule has 0 aliphatic carbocycles. The molecule has 5 nitrogen and oxygen atoms in total. The second-order valence-corrected chi connectivity index (χ2v) is 6.59. The number of nitrogens with two attached hydrogens (primary N) is 1. The summed E-state index contributed by atoms with van der Waals surface area (Å²) in [6.45, 7) is 3.82. The van der Waals surface area contributed by atoms with Crippen molar-refractivity contribution in [1.29, 1.82) is 5.26 Å². The Labute approximate surface area is 131 Å². The molecule has 2 aromatic rings. The highest BCUT2D eigenvalue weighted by atomic mass is 32.2.